The van der Waals surface area contributed by atoms with Crippen molar-refractivity contribution in [2.24, 2.45) is 5.92 Å². The monoisotopic (exact) mass is 306 g/mol. The second-order valence-electron chi connectivity index (χ2n) is 5.99. The topological polar surface area (TPSA) is 72.8 Å². The molecule has 1 N–H and O–H groups in total. The summed E-state index contributed by atoms with van der Waals surface area (Å²) in [5.41, 5.74) is 2.06. The summed E-state index contributed by atoms with van der Waals surface area (Å²) in [4.78, 5) is 23.0. The lowest BCUT2D eigenvalue weighted by molar-refractivity contribution is -0.144. The Morgan fingerprint density at radius 2 is 2.14 bits per heavy atom. The van der Waals surface area contributed by atoms with Crippen LogP contribution < -0.4 is 0 Å². The van der Waals surface area contributed by atoms with E-state index in [4.69, 9.17) is 9.47 Å². The predicted molar refractivity (Wildman–Crippen MR) is 80.8 cm³/mol. The highest BCUT2D eigenvalue weighted by atomic mass is 16.6. The van der Waals surface area contributed by atoms with Crippen molar-refractivity contribution in [1.82, 2.24) is 0 Å². The molecule has 0 saturated carbocycles. The molecule has 120 valence electrons. The Kier molecular flexibility index (Phi) is 4.86. The molecule has 1 fully saturated rings. The highest BCUT2D eigenvalue weighted by molar-refractivity contribution is 5.91. The molecule has 22 heavy (non-hydrogen) atoms. The van der Waals surface area contributed by atoms with E-state index in [0.29, 0.717) is 18.4 Å². The fourth-order valence-corrected chi connectivity index (χ4v) is 2.94. The first-order chi connectivity index (χ1) is 10.3. The fourth-order valence-electron chi connectivity index (χ4n) is 2.94. The number of esters is 2. The van der Waals surface area contributed by atoms with Crippen molar-refractivity contribution in [1.29, 1.82) is 0 Å². The maximum Gasteiger partial charge on any atom is 0.334 e. The van der Waals surface area contributed by atoms with Crippen LogP contribution in [0.4, 0.5) is 0 Å². The predicted octanol–water partition coefficient (Wildman–Crippen LogP) is 2.06. The van der Waals surface area contributed by atoms with E-state index in [-0.39, 0.29) is 5.97 Å². The van der Waals surface area contributed by atoms with Gasteiger partial charge in [-0.15, -0.1) is 0 Å². The molecular weight excluding hydrogens is 284 g/mol. The largest absolute Gasteiger partial charge is 0.458 e. The van der Waals surface area contributed by atoms with E-state index in [1.54, 1.807) is 6.08 Å². The van der Waals surface area contributed by atoms with E-state index in [0.717, 1.165) is 11.1 Å². The van der Waals surface area contributed by atoms with Crippen LogP contribution in [0.3, 0.4) is 0 Å². The van der Waals surface area contributed by atoms with Crippen LogP contribution in [-0.2, 0) is 19.1 Å². The first-order valence-corrected chi connectivity index (χ1v) is 7.38. The van der Waals surface area contributed by atoms with Crippen LogP contribution in [0.2, 0.25) is 0 Å². The second kappa shape index (κ2) is 6.48. The van der Waals surface area contributed by atoms with Crippen molar-refractivity contribution < 1.29 is 24.2 Å². The second-order valence-corrected chi connectivity index (χ2v) is 5.99. The van der Waals surface area contributed by atoms with Gasteiger partial charge in [-0.2, -0.15) is 0 Å². The molecule has 1 aliphatic carbocycles. The summed E-state index contributed by atoms with van der Waals surface area (Å²) >= 11 is 0. The van der Waals surface area contributed by atoms with Gasteiger partial charge in [0.1, 0.15) is 12.2 Å². The average Bonchev–Trinajstić information content (AvgIpc) is 2.68. The molecule has 5 nitrogen and oxygen atoms in total. The van der Waals surface area contributed by atoms with Crippen LogP contribution in [0.1, 0.15) is 33.6 Å². The van der Waals surface area contributed by atoms with Crippen LogP contribution in [0.25, 0.3) is 0 Å². The normalized spacial score (nSPS) is 37.3. The molecule has 1 heterocycles. The molecule has 0 spiro atoms. The summed E-state index contributed by atoms with van der Waals surface area (Å²) in [6.07, 6.45) is 2.98. The smallest absolute Gasteiger partial charge is 0.334 e. The number of fused-ring (bicyclic) bond motifs is 1. The summed E-state index contributed by atoms with van der Waals surface area (Å²) in [5, 5.41) is 10.4. The third-order valence-corrected chi connectivity index (χ3v) is 4.13. The molecule has 0 radical (unpaired) electrons. The van der Waals surface area contributed by atoms with Crippen molar-refractivity contribution in [2.75, 3.05) is 0 Å². The molecule has 4 unspecified atom stereocenters. The third-order valence-electron chi connectivity index (χ3n) is 4.13. The van der Waals surface area contributed by atoms with Crippen LogP contribution in [-0.4, -0.2) is 35.4 Å². The summed E-state index contributed by atoms with van der Waals surface area (Å²) in [6.45, 7) is 8.85. The zero-order valence-electron chi connectivity index (χ0n) is 13.2. The lowest BCUT2D eigenvalue weighted by atomic mass is 9.85. The number of hydrogen-bond acceptors (Lipinski definition) is 5. The van der Waals surface area contributed by atoms with E-state index in [1.165, 1.54) is 6.92 Å². The lowest BCUT2D eigenvalue weighted by Gasteiger charge is -2.25. The van der Waals surface area contributed by atoms with Gasteiger partial charge in [-0.3, -0.25) is 4.79 Å². The molecule has 0 bridgehead atoms. The summed E-state index contributed by atoms with van der Waals surface area (Å²) in [7, 11) is 0. The van der Waals surface area contributed by atoms with Crippen LogP contribution in [0.15, 0.2) is 35.5 Å². The molecule has 5 heteroatoms. The Balaban J connectivity index is 2.37. The number of carbonyl (C=O) groups excluding carboxylic acids is 2. The van der Waals surface area contributed by atoms with Crippen LogP contribution in [0, 0.1) is 5.92 Å². The maximum atomic E-state index is 11.8. The highest BCUT2D eigenvalue weighted by Crippen LogP contribution is 2.34. The Labute approximate surface area is 130 Å². The van der Waals surface area contributed by atoms with Gasteiger partial charge in [0.2, 0.25) is 0 Å². The van der Waals surface area contributed by atoms with E-state index in [1.807, 2.05) is 19.9 Å². The van der Waals surface area contributed by atoms with Crippen molar-refractivity contribution in [3.05, 3.63) is 35.5 Å². The number of rotatable bonds is 1. The molecule has 0 aromatic heterocycles. The van der Waals surface area contributed by atoms with Crippen molar-refractivity contribution in [2.45, 2.75) is 51.9 Å². The molecule has 1 saturated heterocycles. The maximum absolute atomic E-state index is 11.8. The van der Waals surface area contributed by atoms with Crippen LogP contribution in [0.5, 0.6) is 0 Å². The Bertz CT molecular complexity index is 557. The van der Waals surface area contributed by atoms with Gasteiger partial charge >= 0.3 is 11.9 Å². The van der Waals surface area contributed by atoms with Gasteiger partial charge in [-0.05, 0) is 31.9 Å². The standard InChI is InChI=1S/C17H22O5/c1-9-5-6-14(21-12(4)18)10(2)8-15-16(13(19)7-9)11(3)17(20)22-15/h5,8,13-16,19H,3,6-7H2,1-2,4H3/b9-5-,10-8+. The minimum atomic E-state index is -0.727. The van der Waals surface area contributed by atoms with Crippen LogP contribution >= 0.6 is 0 Å². The van der Waals surface area contributed by atoms with Crippen molar-refractivity contribution in [3.8, 4) is 0 Å². The minimum absolute atomic E-state index is 0.291. The molecule has 0 aromatic carbocycles. The van der Waals surface area contributed by atoms with E-state index in [2.05, 4.69) is 6.58 Å². The molecule has 0 aromatic rings. The first kappa shape index (κ1) is 16.5. The van der Waals surface area contributed by atoms with Crippen molar-refractivity contribution in [3.63, 3.8) is 0 Å². The summed E-state index contributed by atoms with van der Waals surface area (Å²) in [5.74, 6) is -1.31. The summed E-state index contributed by atoms with van der Waals surface area (Å²) < 4.78 is 10.6. The molecule has 0 amide bonds. The summed E-state index contributed by atoms with van der Waals surface area (Å²) in [6, 6.07) is 0. The molecular formula is C17H22O5. The number of carbonyl (C=O) groups is 2. The Morgan fingerprint density at radius 1 is 1.45 bits per heavy atom. The fraction of sp³-hybridized carbons (Fsp3) is 0.529. The van der Waals surface area contributed by atoms with E-state index in [9.17, 15) is 14.7 Å². The first-order valence-electron chi connectivity index (χ1n) is 7.38. The lowest BCUT2D eigenvalue weighted by Crippen LogP contribution is -2.30. The minimum Gasteiger partial charge on any atom is -0.458 e. The molecule has 1 aliphatic heterocycles. The quantitative estimate of drug-likeness (QED) is 0.456. The van der Waals surface area contributed by atoms with Gasteiger partial charge in [0.25, 0.3) is 0 Å². The zero-order valence-corrected chi connectivity index (χ0v) is 13.2. The van der Waals surface area contributed by atoms with Gasteiger partial charge in [0, 0.05) is 18.9 Å². The number of ether oxygens (including phenoxy) is 2. The number of aliphatic hydroxyl groups excluding tert-OH is 1. The Hall–Kier alpha value is -1.88. The molecule has 2 rings (SSSR count). The van der Waals surface area contributed by atoms with Gasteiger partial charge in [0.05, 0.1) is 12.0 Å². The zero-order chi connectivity index (χ0) is 16.4. The third kappa shape index (κ3) is 3.47. The number of aliphatic hydroxyl groups is 1. The van der Waals surface area contributed by atoms with Gasteiger partial charge in [-0.1, -0.05) is 18.2 Å². The van der Waals surface area contributed by atoms with Crippen molar-refractivity contribution >= 4 is 11.9 Å². The van der Waals surface area contributed by atoms with E-state index < -0.39 is 30.2 Å². The SMILES string of the molecule is C=C1C(=O)OC2/C=C(\C)C(OC(C)=O)C/C=C(/C)CC(O)C12. The van der Waals surface area contributed by atoms with Gasteiger partial charge in [0.15, 0.2) is 0 Å². The molecule has 2 aliphatic rings. The molecule has 4 atom stereocenters. The van der Waals surface area contributed by atoms with Gasteiger partial charge < -0.3 is 14.6 Å². The highest BCUT2D eigenvalue weighted by Gasteiger charge is 2.42. The van der Waals surface area contributed by atoms with Gasteiger partial charge in [-0.25, -0.2) is 4.79 Å². The van der Waals surface area contributed by atoms with E-state index >= 15 is 0 Å². The Morgan fingerprint density at radius 3 is 2.77 bits per heavy atom. The average molecular weight is 306 g/mol. The number of hydrogen-bond donors (Lipinski definition) is 1.